The highest BCUT2D eigenvalue weighted by atomic mass is 32.1. The summed E-state index contributed by atoms with van der Waals surface area (Å²) in [5.74, 6) is -1.80. The second-order valence-electron chi connectivity index (χ2n) is 3.58. The van der Waals surface area contributed by atoms with Crippen LogP contribution in [0.1, 0.15) is 20.2 Å². The summed E-state index contributed by atoms with van der Waals surface area (Å²) < 4.78 is 18.7. The molecule has 0 aliphatic carbocycles. The number of benzene rings is 1. The molecule has 0 atom stereocenters. The molecule has 0 bridgehead atoms. The van der Waals surface area contributed by atoms with Crippen molar-refractivity contribution in [2.24, 2.45) is 0 Å². The number of thiazole rings is 1. The number of ether oxygens (including phenoxy) is 1. The number of hydrogen-bond donors (Lipinski definition) is 1. The zero-order valence-corrected chi connectivity index (χ0v) is 10.3. The van der Waals surface area contributed by atoms with E-state index in [4.69, 9.17) is 9.84 Å². The highest BCUT2D eigenvalue weighted by Crippen LogP contribution is 2.19. The lowest BCUT2D eigenvalue weighted by Crippen LogP contribution is -2.01. The van der Waals surface area contributed by atoms with Crippen LogP contribution in [0.25, 0.3) is 0 Å². The van der Waals surface area contributed by atoms with Gasteiger partial charge in [-0.05, 0) is 19.1 Å². The van der Waals surface area contributed by atoms with Crippen LogP contribution in [-0.4, -0.2) is 16.1 Å². The van der Waals surface area contributed by atoms with E-state index < -0.39 is 11.8 Å². The average Bonchev–Trinajstić information content (AvgIpc) is 2.72. The van der Waals surface area contributed by atoms with Crippen molar-refractivity contribution < 1.29 is 19.0 Å². The number of aromatic carboxylic acids is 1. The topological polar surface area (TPSA) is 59.4 Å². The summed E-state index contributed by atoms with van der Waals surface area (Å²) in [6, 6.07) is 3.68. The molecular weight excluding hydrogens is 257 g/mol. The Labute approximate surface area is 107 Å². The van der Waals surface area contributed by atoms with Gasteiger partial charge in [0.1, 0.15) is 18.2 Å². The monoisotopic (exact) mass is 267 g/mol. The molecule has 0 spiro atoms. The summed E-state index contributed by atoms with van der Waals surface area (Å²) in [6.07, 6.45) is 1.70. The molecule has 0 aliphatic heterocycles. The van der Waals surface area contributed by atoms with Crippen LogP contribution in [0.2, 0.25) is 0 Å². The van der Waals surface area contributed by atoms with E-state index in [2.05, 4.69) is 4.98 Å². The van der Waals surface area contributed by atoms with E-state index in [0.29, 0.717) is 5.75 Å². The predicted molar refractivity (Wildman–Crippen MR) is 64.5 cm³/mol. The number of nitrogens with zero attached hydrogens (tertiary/aromatic N) is 1. The Balaban J connectivity index is 2.06. The van der Waals surface area contributed by atoms with Gasteiger partial charge in [0.15, 0.2) is 0 Å². The minimum atomic E-state index is -1.29. The fourth-order valence-electron chi connectivity index (χ4n) is 1.39. The van der Waals surface area contributed by atoms with E-state index in [1.165, 1.54) is 23.5 Å². The third-order valence-corrected chi connectivity index (χ3v) is 3.11. The number of aryl methyl sites for hydroxylation is 1. The second kappa shape index (κ2) is 5.14. The first-order valence-corrected chi connectivity index (χ1v) is 5.95. The highest BCUT2D eigenvalue weighted by Gasteiger charge is 2.11. The van der Waals surface area contributed by atoms with Crippen molar-refractivity contribution in [3.8, 4) is 5.75 Å². The van der Waals surface area contributed by atoms with E-state index in [0.717, 1.165) is 16.0 Å². The van der Waals surface area contributed by atoms with Gasteiger partial charge in [-0.2, -0.15) is 0 Å². The maximum absolute atomic E-state index is 13.4. The average molecular weight is 267 g/mol. The molecule has 1 aromatic heterocycles. The molecule has 18 heavy (non-hydrogen) atoms. The van der Waals surface area contributed by atoms with Crippen LogP contribution in [0, 0.1) is 12.7 Å². The van der Waals surface area contributed by atoms with Gasteiger partial charge in [0, 0.05) is 12.3 Å². The molecule has 1 N–H and O–H groups in total. The standard InChI is InChI=1S/C12H10FNO3S/c1-7-14-5-9(18-7)6-17-8-2-3-10(12(15)16)11(13)4-8/h2-5H,6H2,1H3,(H,15,16). The van der Waals surface area contributed by atoms with Crippen LogP contribution < -0.4 is 4.74 Å². The van der Waals surface area contributed by atoms with Gasteiger partial charge < -0.3 is 9.84 Å². The maximum Gasteiger partial charge on any atom is 0.338 e. The fourth-order valence-corrected chi connectivity index (χ4v) is 2.09. The first kappa shape index (κ1) is 12.5. The number of carboxylic acid groups (broad SMARTS) is 1. The number of hydrogen-bond acceptors (Lipinski definition) is 4. The summed E-state index contributed by atoms with van der Waals surface area (Å²) in [5, 5.41) is 9.61. The van der Waals surface area contributed by atoms with Crippen LogP contribution in [0.5, 0.6) is 5.75 Å². The van der Waals surface area contributed by atoms with Gasteiger partial charge in [0.2, 0.25) is 0 Å². The molecule has 1 heterocycles. The summed E-state index contributed by atoms with van der Waals surface area (Å²) in [7, 11) is 0. The summed E-state index contributed by atoms with van der Waals surface area (Å²) >= 11 is 1.50. The molecule has 6 heteroatoms. The largest absolute Gasteiger partial charge is 0.488 e. The van der Waals surface area contributed by atoms with E-state index >= 15 is 0 Å². The lowest BCUT2D eigenvalue weighted by Gasteiger charge is -2.05. The van der Waals surface area contributed by atoms with Crippen molar-refractivity contribution in [2.75, 3.05) is 0 Å². The van der Waals surface area contributed by atoms with Crippen molar-refractivity contribution in [1.29, 1.82) is 0 Å². The Morgan fingerprint density at radius 3 is 2.89 bits per heavy atom. The van der Waals surface area contributed by atoms with E-state index in [-0.39, 0.29) is 12.2 Å². The maximum atomic E-state index is 13.4. The molecule has 0 saturated carbocycles. The molecule has 2 aromatic rings. The molecule has 94 valence electrons. The first-order valence-electron chi connectivity index (χ1n) is 5.13. The quantitative estimate of drug-likeness (QED) is 0.925. The van der Waals surface area contributed by atoms with E-state index in [9.17, 15) is 9.18 Å². The minimum Gasteiger partial charge on any atom is -0.488 e. The highest BCUT2D eigenvalue weighted by molar-refractivity contribution is 7.11. The number of aromatic nitrogens is 1. The van der Waals surface area contributed by atoms with Crippen LogP contribution in [0.15, 0.2) is 24.4 Å². The smallest absolute Gasteiger partial charge is 0.338 e. The summed E-state index contributed by atoms with van der Waals surface area (Å²) in [6.45, 7) is 2.17. The van der Waals surface area contributed by atoms with Crippen molar-refractivity contribution in [3.05, 3.63) is 45.7 Å². The van der Waals surface area contributed by atoms with Crippen molar-refractivity contribution in [1.82, 2.24) is 4.98 Å². The Morgan fingerprint density at radius 2 is 2.33 bits per heavy atom. The van der Waals surface area contributed by atoms with Crippen LogP contribution in [0.4, 0.5) is 4.39 Å². The molecule has 0 fully saturated rings. The van der Waals surface area contributed by atoms with E-state index in [1.54, 1.807) is 6.20 Å². The predicted octanol–water partition coefficient (Wildman–Crippen LogP) is 2.87. The lowest BCUT2D eigenvalue weighted by atomic mass is 10.2. The van der Waals surface area contributed by atoms with Crippen LogP contribution in [-0.2, 0) is 6.61 Å². The molecule has 4 nitrogen and oxygen atoms in total. The normalized spacial score (nSPS) is 10.3. The van der Waals surface area contributed by atoms with Gasteiger partial charge in [0.05, 0.1) is 15.4 Å². The first-order chi connectivity index (χ1) is 8.56. The lowest BCUT2D eigenvalue weighted by molar-refractivity contribution is 0.0692. The minimum absolute atomic E-state index is 0.289. The van der Waals surface area contributed by atoms with Crippen LogP contribution in [0.3, 0.4) is 0 Å². The van der Waals surface area contributed by atoms with Crippen molar-refractivity contribution >= 4 is 17.3 Å². The van der Waals surface area contributed by atoms with E-state index in [1.807, 2.05) is 6.92 Å². The van der Waals surface area contributed by atoms with Gasteiger partial charge in [-0.1, -0.05) is 0 Å². The fraction of sp³-hybridized carbons (Fsp3) is 0.167. The Kier molecular flexibility index (Phi) is 3.57. The van der Waals surface area contributed by atoms with Crippen molar-refractivity contribution in [2.45, 2.75) is 13.5 Å². The van der Waals surface area contributed by atoms with Crippen LogP contribution >= 0.6 is 11.3 Å². The number of rotatable bonds is 4. The molecular formula is C12H10FNO3S. The molecule has 0 aliphatic rings. The van der Waals surface area contributed by atoms with Gasteiger partial charge in [-0.25, -0.2) is 14.2 Å². The zero-order valence-electron chi connectivity index (χ0n) is 9.51. The number of carbonyl (C=O) groups is 1. The molecule has 0 radical (unpaired) electrons. The number of halogens is 1. The molecule has 0 unspecified atom stereocenters. The third kappa shape index (κ3) is 2.84. The molecule has 0 amide bonds. The zero-order chi connectivity index (χ0) is 13.1. The third-order valence-electron chi connectivity index (χ3n) is 2.22. The molecule has 2 rings (SSSR count). The number of carboxylic acids is 1. The Morgan fingerprint density at radius 1 is 1.56 bits per heavy atom. The van der Waals surface area contributed by atoms with Gasteiger partial charge >= 0.3 is 5.97 Å². The Bertz CT molecular complexity index is 582. The summed E-state index contributed by atoms with van der Waals surface area (Å²) in [5.41, 5.74) is -0.365. The van der Waals surface area contributed by atoms with Crippen molar-refractivity contribution in [3.63, 3.8) is 0 Å². The Hall–Kier alpha value is -1.95. The summed E-state index contributed by atoms with van der Waals surface area (Å²) in [4.78, 5) is 15.6. The van der Waals surface area contributed by atoms with Gasteiger partial charge in [0.25, 0.3) is 0 Å². The van der Waals surface area contributed by atoms with Gasteiger partial charge in [-0.3, -0.25) is 0 Å². The molecule has 0 saturated heterocycles. The second-order valence-corrected chi connectivity index (χ2v) is 4.90. The molecule has 1 aromatic carbocycles. The van der Waals surface area contributed by atoms with Gasteiger partial charge in [-0.15, -0.1) is 11.3 Å². The SMILES string of the molecule is Cc1ncc(COc2ccc(C(=O)O)c(F)c2)s1.